The number of urea groups is 1. The van der Waals surface area contributed by atoms with E-state index in [-0.39, 0.29) is 17.9 Å². The molecule has 4 N–H and O–H groups in total. The summed E-state index contributed by atoms with van der Waals surface area (Å²) in [5, 5.41) is 5.76. The predicted octanol–water partition coefficient (Wildman–Crippen LogP) is 4.26. The van der Waals surface area contributed by atoms with Crippen molar-refractivity contribution in [2.24, 2.45) is 16.6 Å². The van der Waals surface area contributed by atoms with Crippen molar-refractivity contribution in [3.8, 4) is 0 Å². The molecule has 1 atom stereocenters. The average Bonchev–Trinajstić information content (AvgIpc) is 3.58. The highest BCUT2D eigenvalue weighted by atomic mass is 16.2. The van der Waals surface area contributed by atoms with Crippen LogP contribution in [0.4, 0.5) is 10.5 Å². The number of anilines is 1. The van der Waals surface area contributed by atoms with E-state index in [9.17, 15) is 9.59 Å². The lowest BCUT2D eigenvalue weighted by Gasteiger charge is -2.23. The number of amides is 3. The number of hydrogen-bond donors (Lipinski definition) is 3. The van der Waals surface area contributed by atoms with Crippen molar-refractivity contribution in [1.29, 1.82) is 0 Å². The third kappa shape index (κ3) is 5.42. The number of nitrogens with two attached hydrogens (primary N) is 1. The molecule has 7 heteroatoms. The molecule has 0 saturated carbocycles. The van der Waals surface area contributed by atoms with Crippen molar-refractivity contribution < 1.29 is 9.59 Å². The van der Waals surface area contributed by atoms with Gasteiger partial charge in [-0.3, -0.25) is 9.69 Å². The topological polar surface area (TPSA) is 99.8 Å². The Morgan fingerprint density at radius 3 is 2.55 bits per heavy atom. The molecule has 2 aromatic rings. The SMILES string of the molecule is CC(C)CC1(C)N=C(N)N(Cc2ccc(CNC(=O)Nc3cccc(C4=CC4)c3)cc2)C1=O. The fraction of sp³-hybridized carbons (Fsp3) is 0.346. The zero-order chi connectivity index (χ0) is 23.6. The van der Waals surface area contributed by atoms with Crippen LogP contribution in [-0.4, -0.2) is 28.3 Å². The normalized spacial score (nSPS) is 19.4. The van der Waals surface area contributed by atoms with Crippen LogP contribution >= 0.6 is 0 Å². The number of allylic oxidation sites excluding steroid dienone is 2. The Kier molecular flexibility index (Phi) is 6.22. The molecule has 2 aromatic carbocycles. The number of benzene rings is 2. The maximum Gasteiger partial charge on any atom is 0.319 e. The monoisotopic (exact) mass is 445 g/mol. The second-order valence-electron chi connectivity index (χ2n) is 9.37. The van der Waals surface area contributed by atoms with E-state index in [4.69, 9.17) is 5.73 Å². The zero-order valence-corrected chi connectivity index (χ0v) is 19.4. The summed E-state index contributed by atoms with van der Waals surface area (Å²) in [7, 11) is 0. The van der Waals surface area contributed by atoms with Gasteiger partial charge < -0.3 is 16.4 Å². The number of guanidine groups is 1. The molecule has 33 heavy (non-hydrogen) atoms. The van der Waals surface area contributed by atoms with Gasteiger partial charge in [-0.05, 0) is 60.1 Å². The highest BCUT2D eigenvalue weighted by Crippen LogP contribution is 2.32. The first-order valence-electron chi connectivity index (χ1n) is 11.3. The van der Waals surface area contributed by atoms with Crippen LogP contribution in [0.1, 0.15) is 50.3 Å². The number of nitrogens with zero attached hydrogens (tertiary/aromatic N) is 2. The van der Waals surface area contributed by atoms with Gasteiger partial charge >= 0.3 is 6.03 Å². The van der Waals surface area contributed by atoms with Gasteiger partial charge in [0.15, 0.2) is 5.96 Å². The Labute approximate surface area is 194 Å². The molecule has 172 valence electrons. The van der Waals surface area contributed by atoms with Crippen LogP contribution in [0.25, 0.3) is 5.57 Å². The molecule has 1 unspecified atom stereocenters. The van der Waals surface area contributed by atoms with E-state index in [1.807, 2.05) is 55.5 Å². The Hall–Kier alpha value is -3.61. The Morgan fingerprint density at radius 2 is 1.88 bits per heavy atom. The molecule has 1 heterocycles. The molecule has 0 saturated heterocycles. The van der Waals surface area contributed by atoms with E-state index in [0.717, 1.165) is 28.8 Å². The molecule has 0 spiro atoms. The summed E-state index contributed by atoms with van der Waals surface area (Å²) < 4.78 is 0. The molecule has 0 fully saturated rings. The van der Waals surface area contributed by atoms with E-state index < -0.39 is 5.54 Å². The molecule has 0 bridgehead atoms. The summed E-state index contributed by atoms with van der Waals surface area (Å²) in [6.45, 7) is 6.77. The molecule has 4 rings (SSSR count). The van der Waals surface area contributed by atoms with Gasteiger partial charge in [0.2, 0.25) is 0 Å². The number of hydrogen-bond acceptors (Lipinski definition) is 4. The maximum atomic E-state index is 12.9. The minimum atomic E-state index is -0.787. The largest absolute Gasteiger partial charge is 0.369 e. The third-order valence-corrected chi connectivity index (χ3v) is 5.87. The van der Waals surface area contributed by atoms with Gasteiger partial charge in [0.05, 0.1) is 6.54 Å². The van der Waals surface area contributed by atoms with Gasteiger partial charge in [0.25, 0.3) is 5.91 Å². The van der Waals surface area contributed by atoms with Crippen molar-refractivity contribution >= 4 is 29.2 Å². The van der Waals surface area contributed by atoms with Gasteiger partial charge in [-0.15, -0.1) is 0 Å². The average molecular weight is 446 g/mol. The highest BCUT2D eigenvalue weighted by molar-refractivity contribution is 6.06. The molecule has 1 aliphatic heterocycles. The third-order valence-electron chi connectivity index (χ3n) is 5.87. The van der Waals surface area contributed by atoms with Crippen LogP contribution in [0.3, 0.4) is 0 Å². The van der Waals surface area contributed by atoms with Gasteiger partial charge in [-0.2, -0.15) is 0 Å². The summed E-state index contributed by atoms with van der Waals surface area (Å²) in [4.78, 5) is 31.2. The minimum absolute atomic E-state index is 0.0573. The van der Waals surface area contributed by atoms with E-state index in [2.05, 4.69) is 35.5 Å². The fourth-order valence-corrected chi connectivity index (χ4v) is 4.22. The van der Waals surface area contributed by atoms with Crippen LogP contribution in [0.15, 0.2) is 59.6 Å². The lowest BCUT2D eigenvalue weighted by molar-refractivity contribution is -0.131. The van der Waals surface area contributed by atoms with Gasteiger partial charge in [-0.1, -0.05) is 56.3 Å². The van der Waals surface area contributed by atoms with E-state index in [0.29, 0.717) is 25.4 Å². The van der Waals surface area contributed by atoms with Crippen molar-refractivity contribution in [2.75, 3.05) is 5.32 Å². The summed E-state index contributed by atoms with van der Waals surface area (Å²) in [5.74, 6) is 0.560. The standard InChI is InChI=1S/C26H31N5O2/c1-17(2)14-26(3)23(32)31(24(27)30-26)16-19-9-7-18(8-10-19)15-28-25(33)29-22-6-4-5-21(13-22)20-11-12-20/h4-11,13,17H,12,14-16H2,1-3H3,(H2,27,30)(H2,28,29,33). The van der Waals surface area contributed by atoms with E-state index in [1.54, 1.807) is 4.90 Å². The highest BCUT2D eigenvalue weighted by Gasteiger charge is 2.43. The van der Waals surface area contributed by atoms with Crippen LogP contribution in [0.2, 0.25) is 0 Å². The minimum Gasteiger partial charge on any atom is -0.369 e. The summed E-state index contributed by atoms with van der Waals surface area (Å²) in [6, 6.07) is 15.4. The number of aliphatic imine (C=N–C) groups is 1. The van der Waals surface area contributed by atoms with Gasteiger partial charge in [-0.25, -0.2) is 9.79 Å². The molecule has 7 nitrogen and oxygen atoms in total. The Balaban J connectivity index is 1.29. The molecule has 0 radical (unpaired) electrons. The van der Waals surface area contributed by atoms with E-state index in [1.165, 1.54) is 5.57 Å². The molecule has 3 amide bonds. The van der Waals surface area contributed by atoms with Crippen molar-refractivity contribution in [1.82, 2.24) is 10.2 Å². The van der Waals surface area contributed by atoms with Crippen molar-refractivity contribution in [3.63, 3.8) is 0 Å². The van der Waals surface area contributed by atoms with E-state index >= 15 is 0 Å². The number of nitrogens with one attached hydrogen (secondary N) is 2. The van der Waals surface area contributed by atoms with Crippen molar-refractivity contribution in [2.45, 2.75) is 52.2 Å². The number of rotatable bonds is 8. The lowest BCUT2D eigenvalue weighted by atomic mass is 9.91. The molecule has 0 aromatic heterocycles. The van der Waals surface area contributed by atoms with Crippen LogP contribution in [0.5, 0.6) is 0 Å². The van der Waals surface area contributed by atoms with Crippen molar-refractivity contribution in [3.05, 3.63) is 71.3 Å². The molecule has 2 aliphatic rings. The summed E-state index contributed by atoms with van der Waals surface area (Å²) >= 11 is 0. The predicted molar refractivity (Wildman–Crippen MR) is 131 cm³/mol. The quantitative estimate of drug-likeness (QED) is 0.566. The van der Waals surface area contributed by atoms with Crippen LogP contribution in [-0.2, 0) is 17.9 Å². The summed E-state index contributed by atoms with van der Waals surface area (Å²) in [5.41, 5.74) is 10.4. The van der Waals surface area contributed by atoms with Crippen LogP contribution < -0.4 is 16.4 Å². The lowest BCUT2D eigenvalue weighted by Crippen LogP contribution is -2.43. The second-order valence-corrected chi connectivity index (χ2v) is 9.37. The summed E-state index contributed by atoms with van der Waals surface area (Å²) in [6.07, 6.45) is 3.85. The first-order valence-corrected chi connectivity index (χ1v) is 11.3. The number of carbonyl (C=O) groups is 2. The molecule has 1 aliphatic carbocycles. The fourth-order valence-electron chi connectivity index (χ4n) is 4.22. The van der Waals surface area contributed by atoms with Crippen LogP contribution in [0, 0.1) is 5.92 Å². The number of carbonyl (C=O) groups excluding carboxylic acids is 2. The molecular formula is C26H31N5O2. The Morgan fingerprint density at radius 1 is 1.18 bits per heavy atom. The second kappa shape index (κ2) is 9.10. The van der Waals surface area contributed by atoms with Gasteiger partial charge in [0, 0.05) is 12.2 Å². The molecular weight excluding hydrogens is 414 g/mol. The zero-order valence-electron chi connectivity index (χ0n) is 19.4. The van der Waals surface area contributed by atoms with Gasteiger partial charge in [0.1, 0.15) is 5.54 Å². The first-order chi connectivity index (χ1) is 15.7. The maximum absolute atomic E-state index is 12.9. The Bertz CT molecular complexity index is 1120. The first kappa shape index (κ1) is 22.6. The smallest absolute Gasteiger partial charge is 0.319 e.